The molecular formula is C16H14N4O4S. The van der Waals surface area contributed by atoms with Crippen LogP contribution in [-0.4, -0.2) is 24.5 Å². The molecule has 1 amide bonds. The SMILES string of the molecule is Cc1cc(NS(=O)(=O)c2ccc(NC(=O)c3cccnc3)cc2)no1. The number of sulfonamides is 1. The number of nitrogens with one attached hydrogen (secondary N) is 2. The van der Waals surface area contributed by atoms with Crippen LogP contribution in [0.2, 0.25) is 0 Å². The van der Waals surface area contributed by atoms with Crippen LogP contribution < -0.4 is 10.0 Å². The van der Waals surface area contributed by atoms with Crippen molar-refractivity contribution in [2.75, 3.05) is 10.0 Å². The number of rotatable bonds is 5. The topological polar surface area (TPSA) is 114 Å². The van der Waals surface area contributed by atoms with Gasteiger partial charge in [0.15, 0.2) is 5.82 Å². The highest BCUT2D eigenvalue weighted by molar-refractivity contribution is 7.92. The fourth-order valence-electron chi connectivity index (χ4n) is 2.03. The second kappa shape index (κ2) is 6.73. The lowest BCUT2D eigenvalue weighted by Gasteiger charge is -2.07. The monoisotopic (exact) mass is 358 g/mol. The van der Waals surface area contributed by atoms with E-state index in [0.29, 0.717) is 17.0 Å². The predicted octanol–water partition coefficient (Wildman–Crippen LogP) is 2.43. The molecule has 0 atom stereocenters. The van der Waals surface area contributed by atoms with Crippen molar-refractivity contribution in [1.29, 1.82) is 0 Å². The van der Waals surface area contributed by atoms with Crippen LogP contribution in [0.15, 0.2) is 64.3 Å². The fraction of sp³-hybridized carbons (Fsp3) is 0.0625. The summed E-state index contributed by atoms with van der Waals surface area (Å²) in [6.07, 6.45) is 3.01. The van der Waals surface area contributed by atoms with E-state index >= 15 is 0 Å². The van der Waals surface area contributed by atoms with Gasteiger partial charge < -0.3 is 9.84 Å². The summed E-state index contributed by atoms with van der Waals surface area (Å²) >= 11 is 0. The van der Waals surface area contributed by atoms with Crippen molar-refractivity contribution in [2.45, 2.75) is 11.8 Å². The standard InChI is InChI=1S/C16H14N4O4S/c1-11-9-15(19-24-11)20-25(22,23)14-6-4-13(5-7-14)18-16(21)12-3-2-8-17-10-12/h2-10H,1H3,(H,18,21)(H,19,20). The first-order chi connectivity index (χ1) is 11.9. The van der Waals surface area contributed by atoms with Crippen LogP contribution in [0.25, 0.3) is 0 Å². The van der Waals surface area contributed by atoms with Gasteiger partial charge in [-0.2, -0.15) is 0 Å². The van der Waals surface area contributed by atoms with Crippen LogP contribution in [0.4, 0.5) is 11.5 Å². The maximum Gasteiger partial charge on any atom is 0.263 e. The largest absolute Gasteiger partial charge is 0.360 e. The van der Waals surface area contributed by atoms with Crippen LogP contribution in [0.3, 0.4) is 0 Å². The Labute approximate surface area is 143 Å². The van der Waals surface area contributed by atoms with E-state index in [1.54, 1.807) is 25.3 Å². The number of hydrogen-bond donors (Lipinski definition) is 2. The van der Waals surface area contributed by atoms with Gasteiger partial charge in [0, 0.05) is 24.1 Å². The minimum Gasteiger partial charge on any atom is -0.360 e. The average Bonchev–Trinajstić information content (AvgIpc) is 3.00. The minimum atomic E-state index is -3.79. The molecule has 128 valence electrons. The van der Waals surface area contributed by atoms with E-state index < -0.39 is 10.0 Å². The summed E-state index contributed by atoms with van der Waals surface area (Å²) in [4.78, 5) is 15.9. The van der Waals surface area contributed by atoms with Gasteiger partial charge >= 0.3 is 0 Å². The number of anilines is 2. The van der Waals surface area contributed by atoms with Gasteiger partial charge in [-0.05, 0) is 43.3 Å². The van der Waals surface area contributed by atoms with Crippen LogP contribution in [0.1, 0.15) is 16.1 Å². The highest BCUT2D eigenvalue weighted by Crippen LogP contribution is 2.18. The molecule has 3 aromatic rings. The van der Waals surface area contributed by atoms with Gasteiger partial charge in [0.1, 0.15) is 5.76 Å². The van der Waals surface area contributed by atoms with Gasteiger partial charge in [-0.1, -0.05) is 5.16 Å². The molecule has 0 saturated heterocycles. The zero-order valence-electron chi connectivity index (χ0n) is 13.1. The molecule has 0 aliphatic carbocycles. The molecule has 2 N–H and O–H groups in total. The van der Waals surface area contributed by atoms with Crippen molar-refractivity contribution in [3.05, 3.63) is 66.2 Å². The van der Waals surface area contributed by atoms with Gasteiger partial charge in [0.05, 0.1) is 10.5 Å². The maximum absolute atomic E-state index is 12.3. The van der Waals surface area contributed by atoms with Gasteiger partial charge in [0.25, 0.3) is 15.9 Å². The Morgan fingerprint density at radius 1 is 1.16 bits per heavy atom. The van der Waals surface area contributed by atoms with Crippen molar-refractivity contribution < 1.29 is 17.7 Å². The summed E-state index contributed by atoms with van der Waals surface area (Å²) < 4.78 is 31.7. The molecule has 2 heterocycles. The smallest absolute Gasteiger partial charge is 0.263 e. The quantitative estimate of drug-likeness (QED) is 0.724. The Bertz CT molecular complexity index is 982. The molecule has 3 rings (SSSR count). The van der Waals surface area contributed by atoms with Crippen molar-refractivity contribution in [3.63, 3.8) is 0 Å². The van der Waals surface area contributed by atoms with Gasteiger partial charge in [0.2, 0.25) is 0 Å². The van der Waals surface area contributed by atoms with Crippen molar-refractivity contribution >= 4 is 27.4 Å². The van der Waals surface area contributed by atoms with E-state index in [1.807, 2.05) is 0 Å². The molecule has 0 spiro atoms. The molecule has 8 nitrogen and oxygen atoms in total. The molecular weight excluding hydrogens is 344 g/mol. The zero-order chi connectivity index (χ0) is 17.9. The number of carbonyl (C=O) groups excluding carboxylic acids is 1. The van der Waals surface area contributed by atoms with Crippen LogP contribution >= 0.6 is 0 Å². The second-order valence-electron chi connectivity index (χ2n) is 5.15. The molecule has 0 bridgehead atoms. The van der Waals surface area contributed by atoms with Crippen molar-refractivity contribution in [2.24, 2.45) is 0 Å². The molecule has 0 fully saturated rings. The molecule has 1 aromatic carbocycles. The second-order valence-corrected chi connectivity index (χ2v) is 6.83. The number of amides is 1. The maximum atomic E-state index is 12.3. The first-order valence-electron chi connectivity index (χ1n) is 7.22. The Morgan fingerprint density at radius 3 is 2.52 bits per heavy atom. The van der Waals surface area contributed by atoms with E-state index in [4.69, 9.17) is 4.52 Å². The van der Waals surface area contributed by atoms with Crippen molar-refractivity contribution in [3.8, 4) is 0 Å². The average molecular weight is 358 g/mol. The van der Waals surface area contributed by atoms with E-state index in [9.17, 15) is 13.2 Å². The molecule has 2 aromatic heterocycles. The van der Waals surface area contributed by atoms with Gasteiger partial charge in [-0.25, -0.2) is 8.42 Å². The number of nitrogens with zero attached hydrogens (tertiary/aromatic N) is 2. The van der Waals surface area contributed by atoms with Crippen LogP contribution in [-0.2, 0) is 10.0 Å². The predicted molar refractivity (Wildman–Crippen MR) is 90.7 cm³/mol. The third-order valence-corrected chi connectivity index (χ3v) is 4.58. The Hall–Kier alpha value is -3.20. The molecule has 0 saturated carbocycles. The van der Waals surface area contributed by atoms with Crippen LogP contribution in [0.5, 0.6) is 0 Å². The number of benzene rings is 1. The third-order valence-electron chi connectivity index (χ3n) is 3.21. The lowest BCUT2D eigenvalue weighted by atomic mass is 10.2. The van der Waals surface area contributed by atoms with E-state index in [0.717, 1.165) is 0 Å². The molecule has 0 radical (unpaired) electrons. The highest BCUT2D eigenvalue weighted by atomic mass is 32.2. The lowest BCUT2D eigenvalue weighted by molar-refractivity contribution is 0.102. The first-order valence-corrected chi connectivity index (χ1v) is 8.70. The Balaban J connectivity index is 1.72. The fourth-order valence-corrected chi connectivity index (χ4v) is 3.01. The zero-order valence-corrected chi connectivity index (χ0v) is 13.9. The number of hydrogen-bond acceptors (Lipinski definition) is 6. The summed E-state index contributed by atoms with van der Waals surface area (Å²) in [6, 6.07) is 10.5. The molecule has 25 heavy (non-hydrogen) atoms. The van der Waals surface area contributed by atoms with Crippen LogP contribution in [0, 0.1) is 6.92 Å². The normalized spacial score (nSPS) is 11.1. The number of aromatic nitrogens is 2. The van der Waals surface area contributed by atoms with E-state index in [1.165, 1.54) is 36.5 Å². The Morgan fingerprint density at radius 2 is 1.92 bits per heavy atom. The summed E-state index contributed by atoms with van der Waals surface area (Å²) in [5, 5.41) is 6.26. The molecule has 0 aliphatic rings. The molecule has 0 unspecified atom stereocenters. The van der Waals surface area contributed by atoms with E-state index in [-0.39, 0.29) is 16.6 Å². The highest BCUT2D eigenvalue weighted by Gasteiger charge is 2.16. The third kappa shape index (κ3) is 4.01. The van der Waals surface area contributed by atoms with Gasteiger partial charge in [-0.15, -0.1) is 0 Å². The first kappa shape index (κ1) is 16.7. The summed E-state index contributed by atoms with van der Waals surface area (Å²) in [6.45, 7) is 1.66. The lowest BCUT2D eigenvalue weighted by Crippen LogP contribution is -2.14. The minimum absolute atomic E-state index is 0.0347. The summed E-state index contributed by atoms with van der Waals surface area (Å²) in [5.41, 5.74) is 0.868. The summed E-state index contributed by atoms with van der Waals surface area (Å²) in [5.74, 6) is 0.262. The van der Waals surface area contributed by atoms with Gasteiger partial charge in [-0.3, -0.25) is 14.5 Å². The Kier molecular flexibility index (Phi) is 4.48. The summed E-state index contributed by atoms with van der Waals surface area (Å²) in [7, 11) is -3.79. The number of aryl methyl sites for hydroxylation is 1. The van der Waals surface area contributed by atoms with E-state index in [2.05, 4.69) is 20.2 Å². The number of pyridine rings is 1. The molecule has 9 heteroatoms. The van der Waals surface area contributed by atoms with Crippen molar-refractivity contribution in [1.82, 2.24) is 10.1 Å². The number of carbonyl (C=O) groups is 1. The molecule has 0 aliphatic heterocycles.